The van der Waals surface area contributed by atoms with E-state index in [0.717, 1.165) is 34.6 Å². The van der Waals surface area contributed by atoms with Crippen LogP contribution in [-0.2, 0) is 52.4 Å². The molecular formula is C22H34N2O14. The zero-order valence-electron chi connectivity index (χ0n) is 21.5. The van der Waals surface area contributed by atoms with Gasteiger partial charge in [-0.3, -0.25) is 24.0 Å². The van der Waals surface area contributed by atoms with E-state index in [2.05, 4.69) is 10.6 Å². The van der Waals surface area contributed by atoms with Gasteiger partial charge in [0, 0.05) is 34.6 Å². The lowest BCUT2D eigenvalue weighted by Crippen LogP contribution is -2.70. The van der Waals surface area contributed by atoms with E-state index in [9.17, 15) is 39.3 Å². The molecule has 2 heterocycles. The van der Waals surface area contributed by atoms with E-state index in [0.29, 0.717) is 0 Å². The Hall–Kier alpha value is -2.89. The average molecular weight is 551 g/mol. The molecule has 0 unspecified atom stereocenters. The maximum absolute atomic E-state index is 12.1. The summed E-state index contributed by atoms with van der Waals surface area (Å²) in [5.41, 5.74) is 0. The van der Waals surface area contributed by atoms with Gasteiger partial charge in [0.1, 0.15) is 43.1 Å². The second-order valence-corrected chi connectivity index (χ2v) is 8.79. The Morgan fingerprint density at radius 2 is 1.29 bits per heavy atom. The predicted molar refractivity (Wildman–Crippen MR) is 120 cm³/mol. The summed E-state index contributed by atoms with van der Waals surface area (Å²) in [5.74, 6) is -3.56. The number of aliphatic hydroxyl groups excluding tert-OH is 3. The lowest BCUT2D eigenvalue weighted by atomic mass is 9.94. The van der Waals surface area contributed by atoms with Crippen LogP contribution in [0, 0.1) is 0 Å². The highest BCUT2D eigenvalue weighted by Crippen LogP contribution is 2.31. The number of nitrogens with one attached hydrogen (secondary N) is 2. The Morgan fingerprint density at radius 1 is 0.737 bits per heavy atom. The number of rotatable bonds is 9. The first-order chi connectivity index (χ1) is 17.7. The number of carbonyl (C=O) groups is 5. The molecule has 16 heteroatoms. The first kappa shape index (κ1) is 31.3. The number of esters is 3. The van der Waals surface area contributed by atoms with Gasteiger partial charge in [-0.2, -0.15) is 0 Å². The lowest BCUT2D eigenvalue weighted by Gasteiger charge is -2.48. The van der Waals surface area contributed by atoms with Gasteiger partial charge in [0.25, 0.3) is 0 Å². The van der Waals surface area contributed by atoms with Gasteiger partial charge in [0.2, 0.25) is 11.8 Å². The second kappa shape index (κ2) is 13.8. The molecule has 2 rings (SSSR count). The highest BCUT2D eigenvalue weighted by atomic mass is 16.7. The predicted octanol–water partition coefficient (Wildman–Crippen LogP) is -3.40. The number of hydrogen-bond acceptors (Lipinski definition) is 14. The van der Waals surface area contributed by atoms with Crippen molar-refractivity contribution in [2.45, 2.75) is 95.9 Å². The molecule has 10 atom stereocenters. The maximum atomic E-state index is 12.1. The maximum Gasteiger partial charge on any atom is 0.303 e. The van der Waals surface area contributed by atoms with Crippen LogP contribution in [0.2, 0.25) is 0 Å². The van der Waals surface area contributed by atoms with Crippen LogP contribution in [0.4, 0.5) is 0 Å². The molecule has 2 fully saturated rings. The molecule has 0 bridgehead atoms. The van der Waals surface area contributed by atoms with Gasteiger partial charge in [0.15, 0.2) is 24.8 Å². The summed E-state index contributed by atoms with van der Waals surface area (Å²) in [6, 6.07) is -2.73. The van der Waals surface area contributed by atoms with Crippen LogP contribution in [0.3, 0.4) is 0 Å². The molecule has 5 N–H and O–H groups in total. The summed E-state index contributed by atoms with van der Waals surface area (Å²) in [7, 11) is 0. The molecule has 0 saturated carbocycles. The Morgan fingerprint density at radius 3 is 1.79 bits per heavy atom. The molecule has 0 aliphatic carbocycles. The van der Waals surface area contributed by atoms with Crippen LogP contribution in [-0.4, -0.2) is 120 Å². The van der Waals surface area contributed by atoms with E-state index < -0.39 is 104 Å². The van der Waals surface area contributed by atoms with Crippen LogP contribution in [0.15, 0.2) is 0 Å². The molecule has 0 spiro atoms. The first-order valence-electron chi connectivity index (χ1n) is 11.7. The van der Waals surface area contributed by atoms with Crippen LogP contribution in [0.5, 0.6) is 0 Å². The van der Waals surface area contributed by atoms with E-state index in [4.69, 9.17) is 28.4 Å². The number of carbonyl (C=O) groups excluding carboxylic acids is 5. The molecule has 0 aromatic carbocycles. The monoisotopic (exact) mass is 550 g/mol. The quantitative estimate of drug-likeness (QED) is 0.139. The van der Waals surface area contributed by atoms with Crippen LogP contribution >= 0.6 is 0 Å². The minimum Gasteiger partial charge on any atom is -0.463 e. The van der Waals surface area contributed by atoms with Crippen LogP contribution in [0.1, 0.15) is 34.6 Å². The van der Waals surface area contributed by atoms with E-state index in [1.165, 1.54) is 0 Å². The number of ether oxygens (including phenoxy) is 6. The Labute approximate surface area is 217 Å². The molecule has 38 heavy (non-hydrogen) atoms. The van der Waals surface area contributed by atoms with Gasteiger partial charge >= 0.3 is 17.9 Å². The largest absolute Gasteiger partial charge is 0.463 e. The number of hydrogen-bond donors (Lipinski definition) is 5. The van der Waals surface area contributed by atoms with Crippen molar-refractivity contribution < 1.29 is 67.7 Å². The Kier molecular flexibility index (Phi) is 11.4. The topological polar surface area (TPSA) is 225 Å². The third-order valence-electron chi connectivity index (χ3n) is 5.60. The van der Waals surface area contributed by atoms with E-state index in [1.54, 1.807) is 0 Å². The second-order valence-electron chi connectivity index (χ2n) is 8.79. The fourth-order valence-electron chi connectivity index (χ4n) is 4.20. The highest BCUT2D eigenvalue weighted by Gasteiger charge is 2.54. The fourth-order valence-corrected chi connectivity index (χ4v) is 4.20. The molecule has 2 amide bonds. The Balaban J connectivity index is 2.50. The van der Waals surface area contributed by atoms with E-state index >= 15 is 0 Å². The molecule has 2 aliphatic heterocycles. The minimum absolute atomic E-state index is 0.488. The van der Waals surface area contributed by atoms with Crippen molar-refractivity contribution in [2.24, 2.45) is 0 Å². The molecule has 0 aromatic rings. The molecule has 216 valence electrons. The lowest BCUT2D eigenvalue weighted by molar-refractivity contribution is -0.329. The summed E-state index contributed by atoms with van der Waals surface area (Å²) >= 11 is 0. The minimum atomic E-state index is -1.71. The SMILES string of the molecule is CC(=O)N[C@@H]1[C@H](O[C@@H]2[C@@H](O)[C@H](NC(C)=O)[C@H](O)O[C@@H]2CO)O[C@H](COC(C)=O)[C@H](OC(C)=O)[C@@H]1OC(C)=O. The van der Waals surface area contributed by atoms with Crippen molar-refractivity contribution in [2.75, 3.05) is 13.2 Å². The summed E-state index contributed by atoms with van der Waals surface area (Å²) in [6.45, 7) is 4.33. The highest BCUT2D eigenvalue weighted by molar-refractivity contribution is 5.74. The Bertz CT molecular complexity index is 884. The van der Waals surface area contributed by atoms with Crippen LogP contribution in [0.25, 0.3) is 0 Å². The van der Waals surface area contributed by atoms with Crippen molar-refractivity contribution >= 4 is 29.7 Å². The number of amides is 2. The molecule has 0 radical (unpaired) electrons. The fraction of sp³-hybridized carbons (Fsp3) is 0.773. The van der Waals surface area contributed by atoms with Gasteiger partial charge in [-0.1, -0.05) is 0 Å². The standard InChI is InChI=1S/C22H34N2O14/c1-8(26)23-15-17(31)18(13(6-25)36-21(15)32)38-22-16(24-9(2)27)20(35-12(5)30)19(34-11(4)29)14(37-22)7-33-10(3)28/h13-22,25,31-32H,6-7H2,1-5H3,(H,23,26)(H,24,27)/t13-,14-,15+,16+,17+,18+,19+,20-,21-,22+/m1/s1. The molecule has 16 nitrogen and oxygen atoms in total. The molecule has 0 aromatic heterocycles. The normalized spacial score (nSPS) is 34.9. The van der Waals surface area contributed by atoms with Crippen molar-refractivity contribution in [3.63, 3.8) is 0 Å². The van der Waals surface area contributed by atoms with Crippen molar-refractivity contribution in [1.82, 2.24) is 10.6 Å². The summed E-state index contributed by atoms with van der Waals surface area (Å²) in [6.07, 6.45) is -11.8. The van der Waals surface area contributed by atoms with Gasteiger partial charge in [0.05, 0.1) is 6.61 Å². The molecule has 2 aliphatic rings. The average Bonchev–Trinajstić information content (AvgIpc) is 2.79. The van der Waals surface area contributed by atoms with Crippen LogP contribution < -0.4 is 10.6 Å². The zero-order chi connectivity index (χ0) is 28.7. The van der Waals surface area contributed by atoms with E-state index in [1.807, 2.05) is 0 Å². The summed E-state index contributed by atoms with van der Waals surface area (Å²) in [5, 5.41) is 35.7. The third kappa shape index (κ3) is 8.31. The van der Waals surface area contributed by atoms with Crippen molar-refractivity contribution in [1.29, 1.82) is 0 Å². The van der Waals surface area contributed by atoms with Gasteiger partial charge in [-0.25, -0.2) is 0 Å². The number of aliphatic hydroxyl groups is 3. The zero-order valence-corrected chi connectivity index (χ0v) is 21.5. The van der Waals surface area contributed by atoms with Gasteiger partial charge in [-0.05, 0) is 0 Å². The summed E-state index contributed by atoms with van der Waals surface area (Å²) < 4.78 is 32.8. The molecular weight excluding hydrogens is 516 g/mol. The van der Waals surface area contributed by atoms with Gasteiger partial charge < -0.3 is 54.4 Å². The molecule has 2 saturated heterocycles. The van der Waals surface area contributed by atoms with Crippen molar-refractivity contribution in [3.05, 3.63) is 0 Å². The van der Waals surface area contributed by atoms with Crippen molar-refractivity contribution in [3.8, 4) is 0 Å². The third-order valence-corrected chi connectivity index (χ3v) is 5.60. The smallest absolute Gasteiger partial charge is 0.303 e. The first-order valence-corrected chi connectivity index (χ1v) is 11.7. The van der Waals surface area contributed by atoms with Gasteiger partial charge in [-0.15, -0.1) is 0 Å². The summed E-state index contributed by atoms with van der Waals surface area (Å²) in [4.78, 5) is 58.9. The van der Waals surface area contributed by atoms with E-state index in [-0.39, 0.29) is 0 Å².